The second kappa shape index (κ2) is 6.52. The highest BCUT2D eigenvalue weighted by Crippen LogP contribution is 2.16. The first kappa shape index (κ1) is 13.0. The molecule has 0 saturated carbocycles. The molecule has 0 saturated heterocycles. The van der Waals surface area contributed by atoms with E-state index in [1.807, 2.05) is 0 Å². The first-order chi connectivity index (χ1) is 8.15. The lowest BCUT2D eigenvalue weighted by atomic mass is 10.2. The predicted molar refractivity (Wildman–Crippen MR) is 64.0 cm³/mol. The molecule has 0 unspecified atom stereocenters. The fourth-order valence-corrected chi connectivity index (χ4v) is 1.34. The Morgan fingerprint density at radius 2 is 1.82 bits per heavy atom. The zero-order chi connectivity index (χ0) is 12.7. The van der Waals surface area contributed by atoms with Gasteiger partial charge in [0, 0.05) is 20.0 Å². The molecule has 0 atom stereocenters. The van der Waals surface area contributed by atoms with Crippen molar-refractivity contribution in [3.8, 4) is 5.75 Å². The van der Waals surface area contributed by atoms with Crippen molar-refractivity contribution in [3.63, 3.8) is 0 Å². The van der Waals surface area contributed by atoms with Gasteiger partial charge >= 0.3 is 0 Å². The quantitative estimate of drug-likeness (QED) is 0.734. The van der Waals surface area contributed by atoms with Gasteiger partial charge in [0.05, 0.1) is 12.7 Å². The van der Waals surface area contributed by atoms with Gasteiger partial charge in [-0.3, -0.25) is 9.59 Å². The number of ether oxygens (including phenoxy) is 1. The van der Waals surface area contributed by atoms with E-state index >= 15 is 0 Å². The molecule has 0 aliphatic heterocycles. The number of para-hydroxylation sites is 1. The van der Waals surface area contributed by atoms with E-state index in [4.69, 9.17) is 4.74 Å². The topological polar surface area (TPSA) is 67.4 Å². The second-order valence-electron chi connectivity index (χ2n) is 3.44. The van der Waals surface area contributed by atoms with Gasteiger partial charge in [-0.05, 0) is 12.1 Å². The Balaban J connectivity index is 2.49. The van der Waals surface area contributed by atoms with Crippen molar-refractivity contribution in [1.82, 2.24) is 10.6 Å². The Bertz CT molecular complexity index is 404. The normalized spacial score (nSPS) is 9.53. The number of carbonyl (C=O) groups excluding carboxylic acids is 2. The Morgan fingerprint density at radius 1 is 1.18 bits per heavy atom. The van der Waals surface area contributed by atoms with Crippen LogP contribution in [-0.4, -0.2) is 32.0 Å². The van der Waals surface area contributed by atoms with Crippen molar-refractivity contribution in [2.75, 3.05) is 20.2 Å². The van der Waals surface area contributed by atoms with Crippen LogP contribution in [0.5, 0.6) is 5.75 Å². The average molecular weight is 236 g/mol. The number of methoxy groups -OCH3 is 1. The number of amides is 2. The van der Waals surface area contributed by atoms with E-state index < -0.39 is 0 Å². The third-order valence-electron chi connectivity index (χ3n) is 2.14. The first-order valence-electron chi connectivity index (χ1n) is 5.31. The molecule has 2 amide bonds. The van der Waals surface area contributed by atoms with Crippen LogP contribution in [0.1, 0.15) is 17.3 Å². The van der Waals surface area contributed by atoms with Crippen LogP contribution in [0.25, 0.3) is 0 Å². The molecule has 92 valence electrons. The molecule has 1 rings (SSSR count). The zero-order valence-corrected chi connectivity index (χ0v) is 9.95. The van der Waals surface area contributed by atoms with Gasteiger partial charge in [0.2, 0.25) is 5.91 Å². The lowest BCUT2D eigenvalue weighted by Gasteiger charge is -2.09. The molecule has 0 bridgehead atoms. The summed E-state index contributed by atoms with van der Waals surface area (Å²) in [5, 5.41) is 5.29. The number of rotatable bonds is 5. The van der Waals surface area contributed by atoms with Crippen molar-refractivity contribution >= 4 is 11.8 Å². The molecule has 0 heterocycles. The minimum atomic E-state index is -0.215. The molecule has 0 aliphatic carbocycles. The minimum Gasteiger partial charge on any atom is -0.496 e. The van der Waals surface area contributed by atoms with E-state index in [-0.39, 0.29) is 11.8 Å². The fraction of sp³-hybridized carbons (Fsp3) is 0.333. The maximum absolute atomic E-state index is 11.8. The maximum Gasteiger partial charge on any atom is 0.255 e. The molecule has 5 heteroatoms. The van der Waals surface area contributed by atoms with Gasteiger partial charge in [-0.25, -0.2) is 0 Å². The number of carbonyl (C=O) groups is 2. The fourth-order valence-electron chi connectivity index (χ4n) is 1.34. The molecule has 1 aromatic rings. The summed E-state index contributed by atoms with van der Waals surface area (Å²) in [6.45, 7) is 2.23. The molecule has 0 aromatic heterocycles. The predicted octanol–water partition coefficient (Wildman–Crippen LogP) is 0.561. The SMILES string of the molecule is COc1ccccc1C(=O)NCCNC(C)=O. The van der Waals surface area contributed by atoms with Crippen LogP contribution < -0.4 is 15.4 Å². The Morgan fingerprint density at radius 3 is 2.47 bits per heavy atom. The van der Waals surface area contributed by atoms with E-state index in [1.54, 1.807) is 24.3 Å². The summed E-state index contributed by atoms with van der Waals surface area (Å²) in [6.07, 6.45) is 0. The molecule has 0 radical (unpaired) electrons. The van der Waals surface area contributed by atoms with E-state index in [2.05, 4.69) is 10.6 Å². The summed E-state index contributed by atoms with van der Waals surface area (Å²) < 4.78 is 5.08. The van der Waals surface area contributed by atoms with Crippen molar-refractivity contribution in [1.29, 1.82) is 0 Å². The van der Waals surface area contributed by atoms with Gasteiger partial charge in [-0.1, -0.05) is 12.1 Å². The van der Waals surface area contributed by atoms with Crippen LogP contribution in [0.4, 0.5) is 0 Å². The summed E-state index contributed by atoms with van der Waals surface area (Å²) in [5.74, 6) is 0.203. The average Bonchev–Trinajstić information content (AvgIpc) is 2.34. The molecule has 0 spiro atoms. The Labute approximate surface area is 100 Å². The van der Waals surface area contributed by atoms with Crippen LogP contribution in [-0.2, 0) is 4.79 Å². The van der Waals surface area contributed by atoms with Gasteiger partial charge in [-0.2, -0.15) is 0 Å². The molecule has 1 aromatic carbocycles. The lowest BCUT2D eigenvalue weighted by molar-refractivity contribution is -0.118. The molecule has 5 nitrogen and oxygen atoms in total. The highest BCUT2D eigenvalue weighted by atomic mass is 16.5. The molecular formula is C12H16N2O3. The number of hydrogen-bond donors (Lipinski definition) is 2. The van der Waals surface area contributed by atoms with Crippen LogP contribution in [0.2, 0.25) is 0 Å². The summed E-state index contributed by atoms with van der Waals surface area (Å²) in [7, 11) is 1.52. The number of hydrogen-bond acceptors (Lipinski definition) is 3. The van der Waals surface area contributed by atoms with Crippen molar-refractivity contribution in [3.05, 3.63) is 29.8 Å². The smallest absolute Gasteiger partial charge is 0.255 e. The Hall–Kier alpha value is -2.04. The van der Waals surface area contributed by atoms with Crippen LogP contribution >= 0.6 is 0 Å². The molecular weight excluding hydrogens is 220 g/mol. The van der Waals surface area contributed by atoms with Gasteiger partial charge in [0.1, 0.15) is 5.75 Å². The monoisotopic (exact) mass is 236 g/mol. The lowest BCUT2D eigenvalue weighted by Crippen LogP contribution is -2.33. The molecule has 0 aliphatic rings. The number of nitrogens with one attached hydrogen (secondary N) is 2. The second-order valence-corrected chi connectivity index (χ2v) is 3.44. The molecule has 0 fully saturated rings. The maximum atomic E-state index is 11.8. The summed E-state index contributed by atoms with van der Waals surface area (Å²) in [5.41, 5.74) is 0.484. The van der Waals surface area contributed by atoms with E-state index in [1.165, 1.54) is 14.0 Å². The van der Waals surface area contributed by atoms with Gasteiger partial charge in [-0.15, -0.1) is 0 Å². The third kappa shape index (κ3) is 4.14. The van der Waals surface area contributed by atoms with E-state index in [9.17, 15) is 9.59 Å². The number of benzene rings is 1. The summed E-state index contributed by atoms with van der Waals surface area (Å²) in [4.78, 5) is 22.4. The van der Waals surface area contributed by atoms with Crippen LogP contribution in [0, 0.1) is 0 Å². The highest BCUT2D eigenvalue weighted by molar-refractivity contribution is 5.96. The first-order valence-corrected chi connectivity index (χ1v) is 5.31. The Kier molecular flexibility index (Phi) is 5.00. The highest BCUT2D eigenvalue weighted by Gasteiger charge is 2.10. The standard InChI is InChI=1S/C12H16N2O3/c1-9(15)13-7-8-14-12(16)10-5-3-4-6-11(10)17-2/h3-6H,7-8H2,1-2H3,(H,13,15)(H,14,16). The van der Waals surface area contributed by atoms with Gasteiger partial charge < -0.3 is 15.4 Å². The largest absolute Gasteiger partial charge is 0.496 e. The van der Waals surface area contributed by atoms with Gasteiger partial charge in [0.15, 0.2) is 0 Å². The van der Waals surface area contributed by atoms with Crippen molar-refractivity contribution in [2.24, 2.45) is 0 Å². The minimum absolute atomic E-state index is 0.114. The molecule has 2 N–H and O–H groups in total. The van der Waals surface area contributed by atoms with Gasteiger partial charge in [0.25, 0.3) is 5.91 Å². The van der Waals surface area contributed by atoms with Crippen molar-refractivity contribution < 1.29 is 14.3 Å². The van der Waals surface area contributed by atoms with Crippen LogP contribution in [0.3, 0.4) is 0 Å². The third-order valence-corrected chi connectivity index (χ3v) is 2.14. The van der Waals surface area contributed by atoms with Crippen LogP contribution in [0.15, 0.2) is 24.3 Å². The zero-order valence-electron chi connectivity index (χ0n) is 9.95. The van der Waals surface area contributed by atoms with Crippen molar-refractivity contribution in [2.45, 2.75) is 6.92 Å². The van der Waals surface area contributed by atoms with E-state index in [0.717, 1.165) is 0 Å². The summed E-state index contributed by atoms with van der Waals surface area (Å²) in [6, 6.07) is 6.98. The summed E-state index contributed by atoms with van der Waals surface area (Å²) >= 11 is 0. The molecule has 17 heavy (non-hydrogen) atoms. The van der Waals surface area contributed by atoms with E-state index in [0.29, 0.717) is 24.4 Å².